The van der Waals surface area contributed by atoms with Crippen molar-refractivity contribution in [3.63, 3.8) is 0 Å². The van der Waals surface area contributed by atoms with Crippen LogP contribution in [0.25, 0.3) is 0 Å². The molecule has 1 aromatic carbocycles. The number of benzene rings is 1. The predicted molar refractivity (Wildman–Crippen MR) is 98.5 cm³/mol. The quantitative estimate of drug-likeness (QED) is 0.790. The van der Waals surface area contributed by atoms with Crippen molar-refractivity contribution in [1.82, 2.24) is 19.7 Å². The van der Waals surface area contributed by atoms with E-state index in [1.165, 1.54) is 6.33 Å². The van der Waals surface area contributed by atoms with E-state index in [0.29, 0.717) is 11.7 Å². The van der Waals surface area contributed by atoms with E-state index in [9.17, 15) is 4.79 Å². The van der Waals surface area contributed by atoms with Crippen LogP contribution in [0.15, 0.2) is 60.0 Å². The van der Waals surface area contributed by atoms with Crippen LogP contribution in [-0.4, -0.2) is 31.4 Å². The van der Waals surface area contributed by atoms with E-state index < -0.39 is 12.0 Å². The summed E-state index contributed by atoms with van der Waals surface area (Å²) in [5.41, 5.74) is 3.22. The first-order chi connectivity index (χ1) is 12.6. The Hall–Kier alpha value is -3.35. The van der Waals surface area contributed by atoms with Crippen LogP contribution in [0.2, 0.25) is 0 Å². The van der Waals surface area contributed by atoms with Crippen molar-refractivity contribution >= 4 is 23.3 Å². The Kier molecular flexibility index (Phi) is 4.04. The summed E-state index contributed by atoms with van der Waals surface area (Å²) in [6.45, 7) is 3.80. The molecule has 2 unspecified atom stereocenters. The summed E-state index contributed by atoms with van der Waals surface area (Å²) >= 11 is 0. The number of amides is 1. The van der Waals surface area contributed by atoms with Crippen LogP contribution in [0.4, 0.5) is 11.6 Å². The first-order valence-electron chi connectivity index (χ1n) is 8.37. The maximum atomic E-state index is 13.2. The van der Waals surface area contributed by atoms with Gasteiger partial charge < -0.3 is 5.32 Å². The zero-order valence-electron chi connectivity index (χ0n) is 14.5. The minimum atomic E-state index is -0.529. The number of carbonyl (C=O) groups is 1. The van der Waals surface area contributed by atoms with Crippen molar-refractivity contribution in [3.05, 3.63) is 66.2 Å². The number of aryl methyl sites for hydroxylation is 1. The number of carbonyl (C=O) groups excluding carboxylic acids is 1. The summed E-state index contributed by atoms with van der Waals surface area (Å²) < 4.78 is 1.66. The fourth-order valence-electron chi connectivity index (χ4n) is 3.22. The van der Waals surface area contributed by atoms with E-state index in [2.05, 4.69) is 25.4 Å². The first kappa shape index (κ1) is 16.1. The summed E-state index contributed by atoms with van der Waals surface area (Å²) in [5.74, 6) is -0.186. The number of nitrogens with zero attached hydrogens (tertiary/aromatic N) is 5. The standard InChI is InChI=1S/C19H18N6O/c1-12-7-3-4-8-14(12)24-18(26)16-13(2)23-19-21-11-22-25(19)17(16)15-9-5-6-10-20-15/h3-11,16-17H,1-2H3,(H,24,26). The Morgan fingerprint density at radius 2 is 1.88 bits per heavy atom. The average molecular weight is 346 g/mol. The van der Waals surface area contributed by atoms with Crippen molar-refractivity contribution in [1.29, 1.82) is 0 Å². The average Bonchev–Trinajstić information content (AvgIpc) is 3.11. The fraction of sp³-hybridized carbons (Fsp3) is 0.211. The Morgan fingerprint density at radius 3 is 2.65 bits per heavy atom. The van der Waals surface area contributed by atoms with Crippen LogP contribution < -0.4 is 5.32 Å². The van der Waals surface area contributed by atoms with Gasteiger partial charge in [0.05, 0.1) is 5.69 Å². The molecule has 2 aromatic heterocycles. The Morgan fingerprint density at radius 1 is 1.08 bits per heavy atom. The van der Waals surface area contributed by atoms with Crippen molar-refractivity contribution in [2.24, 2.45) is 10.9 Å². The zero-order chi connectivity index (χ0) is 18.1. The van der Waals surface area contributed by atoms with Gasteiger partial charge in [-0.3, -0.25) is 9.78 Å². The molecule has 4 rings (SSSR count). The number of nitrogens with one attached hydrogen (secondary N) is 1. The molecule has 1 N–H and O–H groups in total. The summed E-state index contributed by atoms with van der Waals surface area (Å²) in [5, 5.41) is 7.31. The lowest BCUT2D eigenvalue weighted by atomic mass is 9.90. The predicted octanol–water partition coefficient (Wildman–Crippen LogP) is 2.93. The van der Waals surface area contributed by atoms with Crippen molar-refractivity contribution < 1.29 is 4.79 Å². The molecule has 130 valence electrons. The molecule has 2 atom stereocenters. The molecule has 0 saturated carbocycles. The molecular weight excluding hydrogens is 328 g/mol. The zero-order valence-corrected chi connectivity index (χ0v) is 14.5. The lowest BCUT2D eigenvalue weighted by Crippen LogP contribution is -2.39. The molecule has 0 bridgehead atoms. The van der Waals surface area contributed by atoms with E-state index in [0.717, 1.165) is 16.9 Å². The van der Waals surface area contributed by atoms with E-state index in [-0.39, 0.29) is 5.91 Å². The van der Waals surface area contributed by atoms with Crippen molar-refractivity contribution in [3.8, 4) is 0 Å². The molecular formula is C19H18N6O. The van der Waals surface area contributed by atoms with Gasteiger partial charge >= 0.3 is 0 Å². The van der Waals surface area contributed by atoms with Crippen LogP contribution in [0, 0.1) is 12.8 Å². The summed E-state index contributed by atoms with van der Waals surface area (Å²) in [6, 6.07) is 12.9. The molecule has 0 saturated heterocycles. The highest BCUT2D eigenvalue weighted by Crippen LogP contribution is 2.34. The van der Waals surface area contributed by atoms with E-state index >= 15 is 0 Å². The second-order valence-electron chi connectivity index (χ2n) is 6.24. The summed E-state index contributed by atoms with van der Waals surface area (Å²) in [6.07, 6.45) is 3.16. The highest BCUT2D eigenvalue weighted by Gasteiger charge is 2.39. The monoisotopic (exact) mass is 346 g/mol. The van der Waals surface area contributed by atoms with Gasteiger partial charge in [-0.15, -0.1) is 0 Å². The van der Waals surface area contributed by atoms with Crippen molar-refractivity contribution in [2.75, 3.05) is 5.32 Å². The van der Waals surface area contributed by atoms with Gasteiger partial charge in [0, 0.05) is 17.6 Å². The molecule has 26 heavy (non-hydrogen) atoms. The lowest BCUT2D eigenvalue weighted by molar-refractivity contribution is -0.118. The van der Waals surface area contributed by atoms with E-state index in [1.54, 1.807) is 10.9 Å². The molecule has 0 aliphatic carbocycles. The van der Waals surface area contributed by atoms with E-state index in [1.807, 2.05) is 56.3 Å². The highest BCUT2D eigenvalue weighted by molar-refractivity contribution is 6.10. The van der Waals surface area contributed by atoms with Crippen molar-refractivity contribution in [2.45, 2.75) is 19.9 Å². The third-order valence-electron chi connectivity index (χ3n) is 4.54. The molecule has 7 nitrogen and oxygen atoms in total. The molecule has 3 heterocycles. The Balaban J connectivity index is 1.75. The third kappa shape index (κ3) is 2.77. The SMILES string of the molecule is CC1=Nc2ncnn2C(c2ccccn2)C1C(=O)Nc1ccccc1C. The number of fused-ring (bicyclic) bond motifs is 1. The van der Waals surface area contributed by atoms with Gasteiger partial charge in [0.2, 0.25) is 11.9 Å². The van der Waals surface area contributed by atoms with Crippen LogP contribution in [0.1, 0.15) is 24.2 Å². The lowest BCUT2D eigenvalue weighted by Gasteiger charge is -2.29. The van der Waals surface area contributed by atoms with Gasteiger partial charge in [0.25, 0.3) is 0 Å². The molecule has 1 aliphatic rings. The van der Waals surface area contributed by atoms with Gasteiger partial charge in [-0.05, 0) is 37.6 Å². The summed E-state index contributed by atoms with van der Waals surface area (Å²) in [4.78, 5) is 26.3. The number of aromatic nitrogens is 4. The maximum Gasteiger partial charge on any atom is 0.248 e. The number of anilines is 1. The second kappa shape index (κ2) is 6.51. The normalized spacial score (nSPS) is 18.8. The minimum Gasteiger partial charge on any atom is -0.325 e. The molecule has 0 fully saturated rings. The van der Waals surface area contributed by atoms with E-state index in [4.69, 9.17) is 0 Å². The number of hydrogen-bond acceptors (Lipinski definition) is 5. The number of rotatable bonds is 3. The van der Waals surface area contributed by atoms with Gasteiger partial charge in [-0.1, -0.05) is 24.3 Å². The number of hydrogen-bond donors (Lipinski definition) is 1. The van der Waals surface area contributed by atoms with Gasteiger partial charge in [0.1, 0.15) is 18.3 Å². The number of para-hydroxylation sites is 1. The summed E-state index contributed by atoms with van der Waals surface area (Å²) in [7, 11) is 0. The molecule has 0 radical (unpaired) electrons. The smallest absolute Gasteiger partial charge is 0.248 e. The minimum absolute atomic E-state index is 0.141. The van der Waals surface area contributed by atoms with Crippen LogP contribution in [-0.2, 0) is 4.79 Å². The molecule has 0 spiro atoms. The number of aliphatic imine (C=N–C) groups is 1. The topological polar surface area (TPSA) is 85.1 Å². The van der Waals surface area contributed by atoms with Gasteiger partial charge in [-0.2, -0.15) is 10.1 Å². The molecule has 7 heteroatoms. The molecule has 1 aliphatic heterocycles. The Labute approximate surface area is 150 Å². The second-order valence-corrected chi connectivity index (χ2v) is 6.24. The number of pyridine rings is 1. The third-order valence-corrected chi connectivity index (χ3v) is 4.54. The maximum absolute atomic E-state index is 13.2. The van der Waals surface area contributed by atoms with Gasteiger partial charge in [0.15, 0.2) is 0 Å². The highest BCUT2D eigenvalue weighted by atomic mass is 16.2. The first-order valence-corrected chi connectivity index (χ1v) is 8.37. The fourth-order valence-corrected chi connectivity index (χ4v) is 3.22. The van der Waals surface area contributed by atoms with Gasteiger partial charge in [-0.25, -0.2) is 9.67 Å². The Bertz CT molecular complexity index is 978. The largest absolute Gasteiger partial charge is 0.325 e. The van der Waals surface area contributed by atoms with Crippen LogP contribution >= 0.6 is 0 Å². The molecule has 3 aromatic rings. The van der Waals surface area contributed by atoms with Crippen LogP contribution in [0.3, 0.4) is 0 Å². The molecule has 1 amide bonds. The van der Waals surface area contributed by atoms with Crippen LogP contribution in [0.5, 0.6) is 0 Å².